The van der Waals surface area contributed by atoms with Crippen molar-refractivity contribution < 1.29 is 27.2 Å². The van der Waals surface area contributed by atoms with Crippen LogP contribution in [-0.2, 0) is 11.0 Å². The summed E-state index contributed by atoms with van der Waals surface area (Å²) < 4.78 is 43.5. The molecule has 3 aromatic rings. The van der Waals surface area contributed by atoms with Gasteiger partial charge in [0.05, 0.1) is 28.3 Å². The van der Waals surface area contributed by atoms with Crippen LogP contribution in [0.3, 0.4) is 0 Å². The summed E-state index contributed by atoms with van der Waals surface area (Å²) in [5.41, 5.74) is -0.519. The largest absolute Gasteiger partial charge is 0.459 e. The van der Waals surface area contributed by atoms with E-state index in [1.165, 1.54) is 12.3 Å². The molecule has 0 aliphatic rings. The van der Waals surface area contributed by atoms with Crippen LogP contribution in [0.25, 0.3) is 0 Å². The smallest absolute Gasteiger partial charge is 0.416 e. The Morgan fingerprint density at radius 3 is 2.53 bits per heavy atom. The highest BCUT2D eigenvalue weighted by molar-refractivity contribution is 8.00. The van der Waals surface area contributed by atoms with Crippen LogP contribution < -0.4 is 10.6 Å². The molecule has 0 radical (unpaired) electrons. The zero-order valence-corrected chi connectivity index (χ0v) is 16.7. The molecule has 2 aromatic carbocycles. The van der Waals surface area contributed by atoms with Crippen molar-refractivity contribution in [3.05, 3.63) is 77.2 Å². The minimum Gasteiger partial charge on any atom is -0.459 e. The lowest BCUT2D eigenvalue weighted by Gasteiger charge is -2.12. The van der Waals surface area contributed by atoms with Gasteiger partial charge in [0.1, 0.15) is 0 Å². The number of amides is 2. The second-order valence-corrected chi connectivity index (χ2v) is 7.44. The summed E-state index contributed by atoms with van der Waals surface area (Å²) in [4.78, 5) is 24.9. The number of furan rings is 1. The number of rotatable bonds is 6. The Bertz CT molecular complexity index is 1060. The molecule has 0 saturated heterocycles. The van der Waals surface area contributed by atoms with Gasteiger partial charge in [-0.25, -0.2) is 0 Å². The molecule has 2 N–H and O–H groups in total. The fraction of sp³-hybridized carbons (Fsp3) is 0.100. The fourth-order valence-electron chi connectivity index (χ4n) is 2.40. The number of carbonyl (C=O) groups is 2. The summed E-state index contributed by atoms with van der Waals surface area (Å²) in [5, 5.41) is 5.06. The van der Waals surface area contributed by atoms with E-state index >= 15 is 0 Å². The topological polar surface area (TPSA) is 71.3 Å². The maximum Gasteiger partial charge on any atom is 0.416 e. The summed E-state index contributed by atoms with van der Waals surface area (Å²) in [5.74, 6) is -0.849. The molecule has 30 heavy (non-hydrogen) atoms. The molecule has 0 bridgehead atoms. The number of alkyl halides is 3. The SMILES string of the molecule is O=C(CSc1cccc(NC(=O)c2ccco2)c1)Nc1cc(C(F)(F)F)ccc1Cl. The van der Waals surface area contributed by atoms with Crippen molar-refractivity contribution >= 4 is 46.6 Å². The van der Waals surface area contributed by atoms with E-state index < -0.39 is 23.6 Å². The van der Waals surface area contributed by atoms with Gasteiger partial charge < -0.3 is 15.1 Å². The highest BCUT2D eigenvalue weighted by Crippen LogP contribution is 2.34. The summed E-state index contributed by atoms with van der Waals surface area (Å²) in [6, 6.07) is 12.6. The third-order valence-corrected chi connectivity index (χ3v) is 5.10. The highest BCUT2D eigenvalue weighted by atomic mass is 35.5. The second-order valence-electron chi connectivity index (χ2n) is 5.99. The van der Waals surface area contributed by atoms with Crippen LogP contribution in [0.2, 0.25) is 5.02 Å². The standard InChI is InChI=1S/C20H14ClF3N2O3S/c21-15-7-6-12(20(22,23)24)9-16(15)26-18(27)11-30-14-4-1-3-13(10-14)25-19(28)17-5-2-8-29-17/h1-10H,11H2,(H,25,28)(H,26,27). The molecule has 0 aliphatic heterocycles. The number of benzene rings is 2. The first-order valence-corrected chi connectivity index (χ1v) is 9.83. The van der Waals surface area contributed by atoms with Gasteiger partial charge in [-0.2, -0.15) is 13.2 Å². The molecule has 0 saturated carbocycles. The van der Waals surface area contributed by atoms with Gasteiger partial charge in [-0.05, 0) is 48.5 Å². The minimum absolute atomic E-state index is 0.00369. The predicted octanol–water partition coefficient (Wildman–Crippen LogP) is 5.93. The Balaban J connectivity index is 1.59. The monoisotopic (exact) mass is 454 g/mol. The van der Waals surface area contributed by atoms with Crippen LogP contribution >= 0.6 is 23.4 Å². The molecule has 1 aromatic heterocycles. The first-order valence-electron chi connectivity index (χ1n) is 8.47. The van der Waals surface area contributed by atoms with Gasteiger partial charge in [-0.15, -0.1) is 11.8 Å². The van der Waals surface area contributed by atoms with Gasteiger partial charge in [0.25, 0.3) is 5.91 Å². The predicted molar refractivity (Wildman–Crippen MR) is 109 cm³/mol. The Morgan fingerprint density at radius 2 is 1.83 bits per heavy atom. The highest BCUT2D eigenvalue weighted by Gasteiger charge is 2.31. The van der Waals surface area contributed by atoms with Crippen LogP contribution in [0.4, 0.5) is 24.5 Å². The quantitative estimate of drug-likeness (QED) is 0.452. The van der Waals surface area contributed by atoms with E-state index in [-0.39, 0.29) is 22.2 Å². The molecular weight excluding hydrogens is 441 g/mol. The summed E-state index contributed by atoms with van der Waals surface area (Å²) in [6.07, 6.45) is -3.16. The zero-order valence-electron chi connectivity index (χ0n) is 15.1. The van der Waals surface area contributed by atoms with Gasteiger partial charge in [-0.3, -0.25) is 9.59 Å². The van der Waals surface area contributed by atoms with Crippen molar-refractivity contribution in [2.75, 3.05) is 16.4 Å². The maximum absolute atomic E-state index is 12.8. The van der Waals surface area contributed by atoms with Crippen molar-refractivity contribution in [3.63, 3.8) is 0 Å². The normalized spacial score (nSPS) is 11.2. The molecule has 0 fully saturated rings. The molecule has 0 spiro atoms. The maximum atomic E-state index is 12.8. The third kappa shape index (κ3) is 5.80. The second kappa shape index (κ2) is 9.27. The molecule has 5 nitrogen and oxygen atoms in total. The Morgan fingerprint density at radius 1 is 1.03 bits per heavy atom. The minimum atomic E-state index is -4.54. The van der Waals surface area contributed by atoms with Crippen molar-refractivity contribution in [2.45, 2.75) is 11.1 Å². The van der Waals surface area contributed by atoms with E-state index in [4.69, 9.17) is 16.0 Å². The zero-order chi connectivity index (χ0) is 21.7. The average molecular weight is 455 g/mol. The van der Waals surface area contributed by atoms with Crippen molar-refractivity contribution in [1.82, 2.24) is 0 Å². The van der Waals surface area contributed by atoms with E-state index in [9.17, 15) is 22.8 Å². The van der Waals surface area contributed by atoms with E-state index in [2.05, 4.69) is 10.6 Å². The van der Waals surface area contributed by atoms with Crippen molar-refractivity contribution in [2.24, 2.45) is 0 Å². The molecule has 10 heteroatoms. The van der Waals surface area contributed by atoms with Crippen molar-refractivity contribution in [3.8, 4) is 0 Å². The lowest BCUT2D eigenvalue weighted by molar-refractivity contribution is -0.137. The number of anilines is 2. The van der Waals surface area contributed by atoms with Crippen LogP contribution in [0, 0.1) is 0 Å². The number of carbonyl (C=O) groups excluding carboxylic acids is 2. The molecular formula is C20H14ClF3N2O3S. The number of thioether (sulfide) groups is 1. The van der Waals surface area contributed by atoms with Crippen LogP contribution in [-0.4, -0.2) is 17.6 Å². The molecule has 0 atom stereocenters. The summed E-state index contributed by atoms with van der Waals surface area (Å²) in [7, 11) is 0. The Kier molecular flexibility index (Phi) is 6.73. The van der Waals surface area contributed by atoms with E-state index in [1.54, 1.807) is 30.3 Å². The van der Waals surface area contributed by atoms with Crippen LogP contribution in [0.15, 0.2) is 70.2 Å². The summed E-state index contributed by atoms with van der Waals surface area (Å²) >= 11 is 7.03. The van der Waals surface area contributed by atoms with Gasteiger partial charge in [0.15, 0.2) is 5.76 Å². The van der Waals surface area contributed by atoms with E-state index in [0.29, 0.717) is 10.6 Å². The lowest BCUT2D eigenvalue weighted by Crippen LogP contribution is -2.15. The molecule has 1 heterocycles. The molecule has 0 aliphatic carbocycles. The van der Waals surface area contributed by atoms with Gasteiger partial charge in [-0.1, -0.05) is 17.7 Å². The Hall–Kier alpha value is -2.91. The number of halogens is 4. The number of nitrogens with one attached hydrogen (secondary N) is 2. The number of hydrogen-bond acceptors (Lipinski definition) is 4. The van der Waals surface area contributed by atoms with Gasteiger partial charge in [0, 0.05) is 10.6 Å². The van der Waals surface area contributed by atoms with Crippen LogP contribution in [0.5, 0.6) is 0 Å². The van der Waals surface area contributed by atoms with E-state index in [0.717, 1.165) is 30.0 Å². The average Bonchev–Trinajstić information content (AvgIpc) is 3.22. The van der Waals surface area contributed by atoms with Gasteiger partial charge in [0.2, 0.25) is 5.91 Å². The molecule has 3 rings (SSSR count). The number of hydrogen-bond donors (Lipinski definition) is 2. The molecule has 156 valence electrons. The Labute approximate surface area is 178 Å². The first-order chi connectivity index (χ1) is 14.2. The first kappa shape index (κ1) is 21.8. The molecule has 0 unspecified atom stereocenters. The van der Waals surface area contributed by atoms with Gasteiger partial charge >= 0.3 is 6.18 Å². The lowest BCUT2D eigenvalue weighted by atomic mass is 10.2. The molecule has 2 amide bonds. The van der Waals surface area contributed by atoms with Crippen molar-refractivity contribution in [1.29, 1.82) is 0 Å². The summed E-state index contributed by atoms with van der Waals surface area (Å²) in [6.45, 7) is 0. The fourth-order valence-corrected chi connectivity index (χ4v) is 3.32. The van der Waals surface area contributed by atoms with E-state index in [1.807, 2.05) is 0 Å². The third-order valence-electron chi connectivity index (χ3n) is 3.77. The van der Waals surface area contributed by atoms with Crippen LogP contribution in [0.1, 0.15) is 16.1 Å².